The maximum atomic E-state index is 12.0. The van der Waals surface area contributed by atoms with Gasteiger partial charge in [-0.1, -0.05) is 6.92 Å². The molecule has 1 aromatic heterocycles. The molecule has 0 saturated carbocycles. The molecule has 2 rings (SSSR count). The van der Waals surface area contributed by atoms with Crippen molar-refractivity contribution in [2.75, 3.05) is 18.8 Å². The zero-order chi connectivity index (χ0) is 12.6. The second-order valence-corrected chi connectivity index (χ2v) is 7.30. The molecule has 1 saturated heterocycles. The van der Waals surface area contributed by atoms with Gasteiger partial charge in [0.25, 0.3) is 5.91 Å². The van der Waals surface area contributed by atoms with Gasteiger partial charge in [-0.2, -0.15) is 4.37 Å². The molecule has 7 heteroatoms. The van der Waals surface area contributed by atoms with Crippen molar-refractivity contribution in [3.63, 3.8) is 0 Å². The second kappa shape index (κ2) is 4.38. The molecule has 0 radical (unpaired) electrons. The third-order valence-corrected chi connectivity index (χ3v) is 5.86. The van der Waals surface area contributed by atoms with E-state index in [0.717, 1.165) is 0 Å². The molecule has 0 bridgehead atoms. The van der Waals surface area contributed by atoms with Crippen molar-refractivity contribution in [2.45, 2.75) is 19.1 Å². The average molecular weight is 274 g/mol. The summed E-state index contributed by atoms with van der Waals surface area (Å²) in [5, 5.41) is 1.32. The summed E-state index contributed by atoms with van der Waals surface area (Å²) in [5.74, 6) is 0.0254. The lowest BCUT2D eigenvalue weighted by Gasteiger charge is -2.38. The molecule has 17 heavy (non-hydrogen) atoms. The molecule has 0 N–H and O–H groups in total. The second-order valence-electron chi connectivity index (χ2n) is 4.10. The molecule has 5 nitrogen and oxygen atoms in total. The number of likely N-dealkylation sites (tertiary alicyclic amines) is 1. The first-order valence-corrected chi connectivity index (χ1v) is 7.92. The molecule has 0 spiro atoms. The Balaban J connectivity index is 2.02. The SMILES string of the molecule is CCS(=O)(=O)C1CN(C(=O)c2csnc2C)C1. The van der Waals surface area contributed by atoms with Crippen molar-refractivity contribution >= 4 is 27.3 Å². The Morgan fingerprint density at radius 2 is 2.24 bits per heavy atom. The van der Waals surface area contributed by atoms with Crippen LogP contribution in [0.3, 0.4) is 0 Å². The smallest absolute Gasteiger partial charge is 0.256 e. The molecule has 0 unspecified atom stereocenters. The summed E-state index contributed by atoms with van der Waals surface area (Å²) in [6.07, 6.45) is 0. The number of hydrogen-bond donors (Lipinski definition) is 0. The number of hydrogen-bond acceptors (Lipinski definition) is 5. The van der Waals surface area contributed by atoms with Crippen LogP contribution in [0.25, 0.3) is 0 Å². The van der Waals surface area contributed by atoms with Crippen molar-refractivity contribution in [1.82, 2.24) is 9.27 Å². The van der Waals surface area contributed by atoms with Crippen LogP contribution in [0.4, 0.5) is 0 Å². The van der Waals surface area contributed by atoms with Gasteiger partial charge in [-0.15, -0.1) is 0 Å². The Hall–Kier alpha value is -0.950. The van der Waals surface area contributed by atoms with E-state index < -0.39 is 9.84 Å². The van der Waals surface area contributed by atoms with Gasteiger partial charge in [0.15, 0.2) is 9.84 Å². The lowest BCUT2D eigenvalue weighted by atomic mass is 10.1. The molecule has 0 aromatic carbocycles. The highest BCUT2D eigenvalue weighted by Crippen LogP contribution is 2.21. The van der Waals surface area contributed by atoms with Crippen molar-refractivity contribution in [2.24, 2.45) is 0 Å². The third-order valence-electron chi connectivity index (χ3n) is 3.03. The van der Waals surface area contributed by atoms with E-state index in [1.165, 1.54) is 11.5 Å². The first kappa shape index (κ1) is 12.5. The highest BCUT2D eigenvalue weighted by atomic mass is 32.2. The van der Waals surface area contributed by atoms with E-state index in [9.17, 15) is 13.2 Å². The van der Waals surface area contributed by atoms with Gasteiger partial charge in [0.05, 0.1) is 16.5 Å². The van der Waals surface area contributed by atoms with E-state index in [0.29, 0.717) is 24.3 Å². The summed E-state index contributed by atoms with van der Waals surface area (Å²) in [5.41, 5.74) is 1.30. The lowest BCUT2D eigenvalue weighted by molar-refractivity contribution is 0.0658. The van der Waals surface area contributed by atoms with Gasteiger partial charge >= 0.3 is 0 Å². The van der Waals surface area contributed by atoms with Crippen LogP contribution in [0.15, 0.2) is 5.38 Å². The fraction of sp³-hybridized carbons (Fsp3) is 0.600. The minimum absolute atomic E-state index is 0.112. The molecule has 1 aliphatic rings. The quantitative estimate of drug-likeness (QED) is 0.814. The van der Waals surface area contributed by atoms with E-state index in [1.54, 1.807) is 24.1 Å². The molecule has 1 fully saturated rings. The van der Waals surface area contributed by atoms with Gasteiger partial charge in [0, 0.05) is 24.2 Å². The van der Waals surface area contributed by atoms with Crippen molar-refractivity contribution in [3.05, 3.63) is 16.6 Å². The number of carbonyl (C=O) groups excluding carboxylic acids is 1. The summed E-state index contributed by atoms with van der Waals surface area (Å²) in [6, 6.07) is 0. The van der Waals surface area contributed by atoms with Crippen LogP contribution in [-0.2, 0) is 9.84 Å². The molecule has 1 aromatic rings. The standard InChI is InChI=1S/C10H14N2O3S2/c1-3-17(14,15)8-4-12(5-8)10(13)9-6-16-11-7(9)2/h6,8H,3-5H2,1-2H3. The van der Waals surface area contributed by atoms with Gasteiger partial charge in [-0.05, 0) is 18.5 Å². The van der Waals surface area contributed by atoms with E-state index in [1.807, 2.05) is 0 Å². The Bertz CT molecular complexity index is 530. The molecular formula is C10H14N2O3S2. The topological polar surface area (TPSA) is 67.3 Å². The maximum absolute atomic E-state index is 12.0. The van der Waals surface area contributed by atoms with Crippen LogP contribution in [0.2, 0.25) is 0 Å². The molecule has 1 aliphatic heterocycles. The number of aryl methyl sites for hydroxylation is 1. The van der Waals surface area contributed by atoms with Gasteiger partial charge in [-0.3, -0.25) is 4.79 Å². The number of nitrogens with zero attached hydrogens (tertiary/aromatic N) is 2. The van der Waals surface area contributed by atoms with Crippen molar-refractivity contribution < 1.29 is 13.2 Å². The molecule has 94 valence electrons. The zero-order valence-electron chi connectivity index (χ0n) is 9.71. The van der Waals surface area contributed by atoms with Gasteiger partial charge < -0.3 is 4.90 Å². The fourth-order valence-corrected chi connectivity index (χ4v) is 3.71. The number of rotatable bonds is 3. The van der Waals surface area contributed by atoms with E-state index in [-0.39, 0.29) is 16.9 Å². The summed E-state index contributed by atoms with van der Waals surface area (Å²) in [6.45, 7) is 4.03. The van der Waals surface area contributed by atoms with Crippen LogP contribution in [0.1, 0.15) is 23.0 Å². The first-order valence-electron chi connectivity index (χ1n) is 5.37. The highest BCUT2D eigenvalue weighted by Gasteiger charge is 2.39. The Morgan fingerprint density at radius 1 is 1.59 bits per heavy atom. The summed E-state index contributed by atoms with van der Waals surface area (Å²) in [4.78, 5) is 13.5. The minimum atomic E-state index is -3.01. The van der Waals surface area contributed by atoms with Gasteiger partial charge in [0.2, 0.25) is 0 Å². The fourth-order valence-electron chi connectivity index (χ4n) is 1.73. The first-order chi connectivity index (χ1) is 7.95. The largest absolute Gasteiger partial charge is 0.336 e. The van der Waals surface area contributed by atoms with Crippen LogP contribution < -0.4 is 0 Å². The summed E-state index contributed by atoms with van der Waals surface area (Å²) in [7, 11) is -3.01. The summed E-state index contributed by atoms with van der Waals surface area (Å²) >= 11 is 1.24. The monoisotopic (exact) mass is 274 g/mol. The number of aromatic nitrogens is 1. The van der Waals surface area contributed by atoms with Crippen LogP contribution >= 0.6 is 11.5 Å². The summed E-state index contributed by atoms with van der Waals surface area (Å²) < 4.78 is 27.1. The predicted molar refractivity (Wildman–Crippen MR) is 66.0 cm³/mol. The minimum Gasteiger partial charge on any atom is -0.336 e. The van der Waals surface area contributed by atoms with E-state index in [2.05, 4.69) is 4.37 Å². The molecule has 2 heterocycles. The highest BCUT2D eigenvalue weighted by molar-refractivity contribution is 7.92. The van der Waals surface area contributed by atoms with Gasteiger partial charge in [-0.25, -0.2) is 8.42 Å². The molecule has 0 aliphatic carbocycles. The third kappa shape index (κ3) is 2.21. The molecular weight excluding hydrogens is 260 g/mol. The number of amides is 1. The Morgan fingerprint density at radius 3 is 2.71 bits per heavy atom. The molecule has 0 atom stereocenters. The normalized spacial score (nSPS) is 16.9. The maximum Gasteiger partial charge on any atom is 0.256 e. The molecule has 1 amide bonds. The van der Waals surface area contributed by atoms with E-state index >= 15 is 0 Å². The van der Waals surface area contributed by atoms with E-state index in [4.69, 9.17) is 0 Å². The van der Waals surface area contributed by atoms with Gasteiger partial charge in [0.1, 0.15) is 0 Å². The van der Waals surface area contributed by atoms with Crippen LogP contribution in [-0.4, -0.2) is 47.7 Å². The van der Waals surface area contributed by atoms with Crippen LogP contribution in [0, 0.1) is 6.92 Å². The number of sulfone groups is 1. The Labute approximate surface area is 105 Å². The van der Waals surface area contributed by atoms with Crippen molar-refractivity contribution in [1.29, 1.82) is 0 Å². The number of carbonyl (C=O) groups is 1. The van der Waals surface area contributed by atoms with Crippen molar-refractivity contribution in [3.8, 4) is 0 Å². The zero-order valence-corrected chi connectivity index (χ0v) is 11.3. The average Bonchev–Trinajstić information content (AvgIpc) is 2.61. The predicted octanol–water partition coefficient (Wildman–Crippen LogP) is 0.711. The van der Waals surface area contributed by atoms with Crippen LogP contribution in [0.5, 0.6) is 0 Å². The Kier molecular flexibility index (Phi) is 3.22. The lowest BCUT2D eigenvalue weighted by Crippen LogP contribution is -2.57.